The standard InChI is InChI=1S/3C19H14N6O3S.C18H13N7O3S/c3*1-3-14-11-21-18-7-6-16(23-25(14)18)13-9-17(19(28-2)22-10-13)24-29(26,27)15-5-4-8-20-12-15;1-3-16-21-22-17-7-6-14(23-25(16)17)12-9-15(18(28-2)20-10-12)24-29(26,27)13-5-4-8-19-11-13/h3*1,4-12,24H,2H3;1,4-11,24H,2H3. The first-order chi connectivity index (χ1) is 56.1. The van der Waals surface area contributed by atoms with E-state index in [1.807, 2.05) is 0 Å². The van der Waals surface area contributed by atoms with Crippen LogP contribution in [-0.4, -0.2) is 166 Å². The van der Waals surface area contributed by atoms with Crippen LogP contribution in [0.5, 0.6) is 23.5 Å². The number of pyridine rings is 8. The molecule has 0 fully saturated rings. The van der Waals surface area contributed by atoms with Gasteiger partial charge >= 0.3 is 0 Å². The maximum atomic E-state index is 12.7. The number of hydrogen-bond acceptors (Lipinski definition) is 29. The number of rotatable bonds is 20. The molecule has 0 saturated heterocycles. The van der Waals surface area contributed by atoms with Gasteiger partial charge in [-0.1, -0.05) is 0 Å². The zero-order valence-electron chi connectivity index (χ0n) is 60.4. The first-order valence-corrected chi connectivity index (χ1v) is 39.0. The summed E-state index contributed by atoms with van der Waals surface area (Å²) >= 11 is 0. The second-order valence-electron chi connectivity index (χ2n) is 23.3. The summed E-state index contributed by atoms with van der Waals surface area (Å²) < 4.78 is 138. The van der Waals surface area contributed by atoms with Crippen molar-refractivity contribution >= 4 is 85.4 Å². The minimum atomic E-state index is -3.89. The molecule has 0 spiro atoms. The van der Waals surface area contributed by atoms with E-state index in [0.717, 1.165) is 0 Å². The third-order valence-electron chi connectivity index (χ3n) is 16.0. The zero-order chi connectivity index (χ0) is 81.7. The fraction of sp³-hybridized carbons (Fsp3) is 0.0533. The molecule has 16 heterocycles. The third kappa shape index (κ3) is 17.2. The van der Waals surface area contributed by atoms with Crippen molar-refractivity contribution in [2.24, 2.45) is 0 Å². The van der Waals surface area contributed by atoms with Crippen LogP contribution >= 0.6 is 0 Å². The van der Waals surface area contributed by atoms with Gasteiger partial charge < -0.3 is 18.9 Å². The summed E-state index contributed by atoms with van der Waals surface area (Å²) in [5.41, 5.74) is 8.74. The summed E-state index contributed by atoms with van der Waals surface area (Å²) in [6.45, 7) is 0. The van der Waals surface area contributed by atoms with Crippen molar-refractivity contribution in [2.75, 3.05) is 47.3 Å². The van der Waals surface area contributed by atoms with Gasteiger partial charge in [0.2, 0.25) is 29.3 Å². The van der Waals surface area contributed by atoms with Crippen molar-refractivity contribution < 1.29 is 52.6 Å². The molecule has 0 aliphatic rings. The van der Waals surface area contributed by atoms with Gasteiger partial charge in [0, 0.05) is 96.6 Å². The lowest BCUT2D eigenvalue weighted by Crippen LogP contribution is -2.14. The molecule has 0 radical (unpaired) electrons. The van der Waals surface area contributed by atoms with Crippen LogP contribution in [0, 0.1) is 49.4 Å². The Morgan fingerprint density at radius 1 is 0.310 bits per heavy atom. The van der Waals surface area contributed by atoms with Gasteiger partial charge in [-0.05, 0) is 145 Å². The van der Waals surface area contributed by atoms with E-state index in [1.165, 1.54) is 169 Å². The van der Waals surface area contributed by atoms with E-state index in [2.05, 4.69) is 128 Å². The predicted molar refractivity (Wildman–Crippen MR) is 421 cm³/mol. The molecular formula is C75H55N25O12S4. The number of aromatic nitrogens is 21. The molecule has 0 atom stereocenters. The maximum absolute atomic E-state index is 12.7. The summed E-state index contributed by atoms with van der Waals surface area (Å²) in [7, 11) is -9.92. The Balaban J connectivity index is 0.000000135. The fourth-order valence-electron chi connectivity index (χ4n) is 10.6. The lowest BCUT2D eigenvalue weighted by Gasteiger charge is -2.12. The first kappa shape index (κ1) is 78.2. The summed E-state index contributed by atoms with van der Waals surface area (Å²) in [4.78, 5) is 44.7. The van der Waals surface area contributed by atoms with Gasteiger partial charge in [0.25, 0.3) is 40.1 Å². The molecule has 16 rings (SSSR count). The van der Waals surface area contributed by atoms with Crippen LogP contribution in [0.3, 0.4) is 0 Å². The summed E-state index contributed by atoms with van der Waals surface area (Å²) in [5.74, 6) is 10.7. The molecule has 16 aromatic rings. The van der Waals surface area contributed by atoms with Crippen LogP contribution in [0.1, 0.15) is 22.9 Å². The molecule has 41 heteroatoms. The monoisotopic (exact) mass is 1630 g/mol. The Morgan fingerprint density at radius 3 is 0.819 bits per heavy atom. The van der Waals surface area contributed by atoms with E-state index >= 15 is 0 Å². The Labute approximate surface area is 659 Å². The first-order valence-electron chi connectivity index (χ1n) is 33.1. The van der Waals surface area contributed by atoms with Crippen molar-refractivity contribution in [3.8, 4) is 118 Å². The van der Waals surface area contributed by atoms with E-state index in [9.17, 15) is 33.7 Å². The van der Waals surface area contributed by atoms with E-state index in [-0.39, 0.29) is 71.7 Å². The Kier molecular flexibility index (Phi) is 22.7. The van der Waals surface area contributed by atoms with Gasteiger partial charge in [-0.3, -0.25) is 38.8 Å². The van der Waals surface area contributed by atoms with Crippen molar-refractivity contribution in [3.05, 3.63) is 237 Å². The highest BCUT2D eigenvalue weighted by atomic mass is 32.2. The minimum Gasteiger partial charge on any atom is -0.480 e. The summed E-state index contributed by atoms with van der Waals surface area (Å²) in [5, 5.41) is 25.6. The zero-order valence-corrected chi connectivity index (χ0v) is 63.7. The minimum absolute atomic E-state index is 0.00940. The number of fused-ring (bicyclic) bond motifs is 4. The van der Waals surface area contributed by atoms with Gasteiger partial charge in [0.15, 0.2) is 22.6 Å². The molecule has 4 N–H and O–H groups in total. The normalized spacial score (nSPS) is 11.2. The number of nitrogens with zero attached hydrogens (tertiary/aromatic N) is 21. The molecule has 0 aliphatic heterocycles. The number of terminal acetylenes is 4. The molecule has 0 bridgehead atoms. The molecule has 0 amide bonds. The van der Waals surface area contributed by atoms with E-state index < -0.39 is 40.1 Å². The molecule has 16 aromatic heterocycles. The Bertz CT molecular complexity index is 6220. The second kappa shape index (κ2) is 33.7. The van der Waals surface area contributed by atoms with Crippen LogP contribution in [0.4, 0.5) is 22.7 Å². The maximum Gasteiger partial charge on any atom is 0.263 e. The summed E-state index contributed by atoms with van der Waals surface area (Å²) in [6, 6.07) is 32.1. The SMILES string of the molecule is C#Cc1cnc2ccc(-c3cnc(OC)c(NS(=O)(=O)c4cccnc4)c3)nn12.C#Cc1cnc2ccc(-c3cnc(OC)c(NS(=O)(=O)c4cccnc4)c3)nn12.C#Cc1cnc2ccc(-c3cnc(OC)c(NS(=O)(=O)c4cccnc4)c3)nn12.C#Cc1nnc2ccc(-c3cnc(OC)c(NS(=O)(=O)c4cccnc4)c3)nn12. The highest BCUT2D eigenvalue weighted by molar-refractivity contribution is 7.93. The highest BCUT2D eigenvalue weighted by Crippen LogP contribution is 2.35. The number of ether oxygens (including phenoxy) is 4. The number of sulfonamides is 4. The fourth-order valence-corrected chi connectivity index (χ4v) is 14.6. The average Bonchev–Trinajstić information content (AvgIpc) is 1.32. The predicted octanol–water partition coefficient (Wildman–Crippen LogP) is 7.30. The molecule has 0 unspecified atom stereocenters. The number of imidazole rings is 3. The van der Waals surface area contributed by atoms with Gasteiger partial charge in [-0.25, -0.2) is 82.1 Å². The second-order valence-corrected chi connectivity index (χ2v) is 30.0. The van der Waals surface area contributed by atoms with Crippen molar-refractivity contribution in [1.82, 2.24) is 103 Å². The summed E-state index contributed by atoms with van der Waals surface area (Å²) in [6.07, 6.45) is 43.5. The van der Waals surface area contributed by atoms with Gasteiger partial charge in [0.05, 0.1) is 69.8 Å². The molecular weight excluding hydrogens is 1570 g/mol. The number of nitrogens with one attached hydrogen (secondary N) is 4. The van der Waals surface area contributed by atoms with Crippen LogP contribution < -0.4 is 37.8 Å². The Hall–Kier alpha value is -16.0. The molecule has 0 saturated carbocycles. The van der Waals surface area contributed by atoms with Gasteiger partial charge in [-0.15, -0.1) is 35.9 Å². The van der Waals surface area contributed by atoms with Crippen LogP contribution in [0.25, 0.3) is 67.6 Å². The van der Waals surface area contributed by atoms with Crippen molar-refractivity contribution in [1.29, 1.82) is 0 Å². The average molecular weight is 1630 g/mol. The highest BCUT2D eigenvalue weighted by Gasteiger charge is 2.25. The Morgan fingerprint density at radius 2 is 0.578 bits per heavy atom. The number of methoxy groups -OCH3 is 4. The number of hydrogen-bond donors (Lipinski definition) is 4. The molecule has 116 heavy (non-hydrogen) atoms. The van der Waals surface area contributed by atoms with E-state index in [0.29, 0.717) is 84.7 Å². The van der Waals surface area contributed by atoms with Crippen LogP contribution in [-0.2, 0) is 40.1 Å². The largest absolute Gasteiger partial charge is 0.480 e. The molecule has 37 nitrogen and oxygen atoms in total. The van der Waals surface area contributed by atoms with Crippen molar-refractivity contribution in [2.45, 2.75) is 19.6 Å². The van der Waals surface area contributed by atoms with Gasteiger partial charge in [0.1, 0.15) is 59.4 Å². The molecule has 0 aliphatic carbocycles. The lowest BCUT2D eigenvalue weighted by atomic mass is 10.2. The smallest absolute Gasteiger partial charge is 0.263 e. The third-order valence-corrected chi connectivity index (χ3v) is 21.4. The molecule has 576 valence electrons. The number of anilines is 4. The van der Waals surface area contributed by atoms with E-state index in [4.69, 9.17) is 44.6 Å². The van der Waals surface area contributed by atoms with Crippen molar-refractivity contribution in [3.63, 3.8) is 0 Å². The van der Waals surface area contributed by atoms with Crippen LogP contribution in [0.2, 0.25) is 0 Å². The van der Waals surface area contributed by atoms with Crippen LogP contribution in [0.15, 0.2) is 234 Å². The lowest BCUT2D eigenvalue weighted by molar-refractivity contribution is 0.400. The quantitative estimate of drug-likeness (QED) is 0.0543. The topological polar surface area (TPSA) is 458 Å². The van der Waals surface area contributed by atoms with E-state index in [1.54, 1.807) is 91.4 Å². The van der Waals surface area contributed by atoms with Gasteiger partial charge in [-0.2, -0.15) is 24.9 Å². The molecule has 0 aromatic carbocycles.